The van der Waals surface area contributed by atoms with Gasteiger partial charge in [-0.2, -0.15) is 0 Å². The molecule has 5 nitrogen and oxygen atoms in total. The second-order valence-corrected chi connectivity index (χ2v) is 11.7. The minimum atomic E-state index is -0.382. The summed E-state index contributed by atoms with van der Waals surface area (Å²) in [4.78, 5) is 32.5. The van der Waals surface area contributed by atoms with Gasteiger partial charge in [-0.05, 0) is 68.2 Å². The van der Waals surface area contributed by atoms with Crippen molar-refractivity contribution in [3.8, 4) is 0 Å². The number of pyridine rings is 1. The van der Waals surface area contributed by atoms with Crippen molar-refractivity contribution in [1.29, 1.82) is 0 Å². The van der Waals surface area contributed by atoms with Crippen LogP contribution in [0.1, 0.15) is 55.5 Å². The fourth-order valence-electron chi connectivity index (χ4n) is 4.71. The molecular weight excluding hydrogens is 438 g/mol. The number of aryl methyl sites for hydroxylation is 2. The van der Waals surface area contributed by atoms with E-state index in [-0.39, 0.29) is 23.0 Å². The summed E-state index contributed by atoms with van der Waals surface area (Å²) in [6.07, 6.45) is 5.00. The molecule has 168 valence electrons. The van der Waals surface area contributed by atoms with Crippen LogP contribution in [0.2, 0.25) is 0 Å². The second kappa shape index (κ2) is 8.52. The number of aromatic nitrogens is 1. The van der Waals surface area contributed by atoms with Crippen LogP contribution < -0.4 is 10.6 Å². The summed E-state index contributed by atoms with van der Waals surface area (Å²) >= 11 is 3.38. The van der Waals surface area contributed by atoms with Crippen LogP contribution in [0.4, 0.5) is 5.82 Å². The number of carbonyl (C=O) groups excluding carboxylic acids is 2. The second-order valence-electron chi connectivity index (χ2n) is 9.41. The molecule has 1 aliphatic carbocycles. The van der Waals surface area contributed by atoms with Crippen molar-refractivity contribution in [2.75, 3.05) is 11.6 Å². The van der Waals surface area contributed by atoms with Crippen molar-refractivity contribution in [3.63, 3.8) is 0 Å². The Morgan fingerprint density at radius 3 is 2.69 bits per heavy atom. The van der Waals surface area contributed by atoms with Gasteiger partial charge in [0.15, 0.2) is 5.78 Å². The number of nitrogens with zero attached hydrogens (tertiary/aromatic N) is 1. The van der Waals surface area contributed by atoms with Crippen molar-refractivity contribution < 1.29 is 9.59 Å². The Kier molecular flexibility index (Phi) is 6.07. The molecule has 7 heteroatoms. The molecule has 0 spiro atoms. The van der Waals surface area contributed by atoms with Crippen LogP contribution in [0.15, 0.2) is 51.1 Å². The number of nitrogens with one attached hydrogen (secondary N) is 2. The van der Waals surface area contributed by atoms with Crippen LogP contribution in [-0.2, 0) is 9.59 Å². The molecule has 0 aromatic carbocycles. The van der Waals surface area contributed by atoms with Crippen molar-refractivity contribution in [2.45, 2.75) is 57.6 Å². The van der Waals surface area contributed by atoms with Gasteiger partial charge >= 0.3 is 0 Å². The zero-order valence-corrected chi connectivity index (χ0v) is 21.0. The number of rotatable bonds is 4. The summed E-state index contributed by atoms with van der Waals surface area (Å²) in [7, 11) is 0. The van der Waals surface area contributed by atoms with Gasteiger partial charge in [0.05, 0.1) is 4.21 Å². The highest BCUT2D eigenvalue weighted by Gasteiger charge is 2.43. The predicted octanol–water partition coefficient (Wildman–Crippen LogP) is 5.72. The van der Waals surface area contributed by atoms with Crippen molar-refractivity contribution >= 4 is 40.6 Å². The Morgan fingerprint density at radius 1 is 1.25 bits per heavy atom. The van der Waals surface area contributed by atoms with Gasteiger partial charge in [0.2, 0.25) is 0 Å². The predicted molar refractivity (Wildman–Crippen MR) is 132 cm³/mol. The van der Waals surface area contributed by atoms with E-state index in [0.29, 0.717) is 17.8 Å². The van der Waals surface area contributed by atoms with E-state index in [4.69, 9.17) is 0 Å². The summed E-state index contributed by atoms with van der Waals surface area (Å²) < 4.78 is 1.14. The number of carbonyl (C=O) groups is 2. The highest BCUT2D eigenvalue weighted by molar-refractivity contribution is 8.00. The maximum Gasteiger partial charge on any atom is 0.255 e. The third-order valence-corrected chi connectivity index (χ3v) is 8.20. The summed E-state index contributed by atoms with van der Waals surface area (Å²) in [6.45, 7) is 10.2. The minimum absolute atomic E-state index is 0.105. The van der Waals surface area contributed by atoms with Crippen molar-refractivity contribution in [2.24, 2.45) is 5.41 Å². The zero-order valence-electron chi connectivity index (χ0n) is 19.4. The van der Waals surface area contributed by atoms with E-state index in [2.05, 4.69) is 42.5 Å². The lowest BCUT2D eigenvalue weighted by molar-refractivity contribution is -0.118. The minimum Gasteiger partial charge on any atom is -0.362 e. The van der Waals surface area contributed by atoms with E-state index in [0.717, 1.165) is 38.7 Å². The SMILES string of the molecule is CSc1sc(C)cc1[C@@H]1C(C(=O)Nc2cc(C)ccn2)=C(C)NC2=C1C(=O)CC(C)(C)C2. The molecular formula is C25H29N3O2S2. The number of thioether (sulfide) groups is 1. The highest BCUT2D eigenvalue weighted by Crippen LogP contribution is 2.49. The normalized spacial score (nSPS) is 20.2. The van der Waals surface area contributed by atoms with Crippen LogP contribution >= 0.6 is 23.1 Å². The van der Waals surface area contributed by atoms with E-state index in [9.17, 15) is 9.59 Å². The molecule has 0 bridgehead atoms. The van der Waals surface area contributed by atoms with Gasteiger partial charge in [0.1, 0.15) is 5.82 Å². The molecule has 0 radical (unpaired) electrons. The van der Waals surface area contributed by atoms with Crippen LogP contribution in [0.5, 0.6) is 0 Å². The number of Topliss-reactive ketones (excluding diaryl/α,β-unsaturated/α-hetero) is 1. The lowest BCUT2D eigenvalue weighted by atomic mass is 9.69. The third kappa shape index (κ3) is 4.28. The first kappa shape index (κ1) is 22.8. The molecule has 4 rings (SSSR count). The van der Waals surface area contributed by atoms with Crippen LogP contribution in [-0.4, -0.2) is 22.9 Å². The smallest absolute Gasteiger partial charge is 0.255 e. The maximum absolute atomic E-state index is 13.6. The van der Waals surface area contributed by atoms with E-state index in [1.54, 1.807) is 29.3 Å². The molecule has 2 aromatic rings. The van der Waals surface area contributed by atoms with Crippen LogP contribution in [0.3, 0.4) is 0 Å². The fraction of sp³-hybridized carbons (Fsp3) is 0.400. The maximum atomic E-state index is 13.6. The number of anilines is 1. The summed E-state index contributed by atoms with van der Waals surface area (Å²) in [5, 5.41) is 6.40. The van der Waals surface area contributed by atoms with Gasteiger partial charge in [-0.25, -0.2) is 4.98 Å². The molecule has 1 atom stereocenters. The standard InChI is InChI=1S/C25H29N3O2S2/c1-13-7-8-26-19(9-13)28-23(30)20-15(3)27-17-11-25(4,5)12-18(29)22(17)21(20)16-10-14(2)32-24(16)31-6/h7-10,21,27H,11-12H2,1-6H3,(H,26,28,30)/t21-/m1/s1. The monoisotopic (exact) mass is 467 g/mol. The Bertz CT molecular complexity index is 1170. The third-order valence-electron chi connectivity index (χ3n) is 5.99. The largest absolute Gasteiger partial charge is 0.362 e. The van der Waals surface area contributed by atoms with E-state index in [1.165, 1.54) is 4.88 Å². The molecule has 2 N–H and O–H groups in total. The van der Waals surface area contributed by atoms with Gasteiger partial charge in [-0.15, -0.1) is 23.1 Å². The molecule has 1 aliphatic heterocycles. The van der Waals surface area contributed by atoms with Gasteiger partial charge in [-0.3, -0.25) is 9.59 Å². The molecule has 0 fully saturated rings. The van der Waals surface area contributed by atoms with E-state index >= 15 is 0 Å². The average molecular weight is 468 g/mol. The quantitative estimate of drug-likeness (QED) is 0.563. The van der Waals surface area contributed by atoms with Gasteiger partial charge in [0, 0.05) is 46.0 Å². The molecule has 0 saturated heterocycles. The molecule has 0 unspecified atom stereocenters. The van der Waals surface area contributed by atoms with E-state index in [1.807, 2.05) is 32.2 Å². The first-order valence-corrected chi connectivity index (χ1v) is 12.8. The number of amides is 1. The first-order chi connectivity index (χ1) is 15.1. The summed E-state index contributed by atoms with van der Waals surface area (Å²) in [5.74, 6) is 0.0258. The molecule has 0 saturated carbocycles. The molecule has 1 amide bonds. The van der Waals surface area contributed by atoms with Crippen LogP contribution in [0, 0.1) is 19.3 Å². The van der Waals surface area contributed by atoms with Gasteiger partial charge in [0.25, 0.3) is 5.91 Å². The number of thiophene rings is 1. The lowest BCUT2D eigenvalue weighted by Gasteiger charge is -2.39. The van der Waals surface area contributed by atoms with Crippen molar-refractivity contribution in [3.05, 3.63) is 62.9 Å². The molecule has 32 heavy (non-hydrogen) atoms. The first-order valence-electron chi connectivity index (χ1n) is 10.7. The average Bonchev–Trinajstić information content (AvgIpc) is 3.06. The summed E-state index contributed by atoms with van der Waals surface area (Å²) in [5.41, 5.74) is 5.04. The molecule has 2 aliphatic rings. The fourth-order valence-corrected chi connectivity index (χ4v) is 6.62. The van der Waals surface area contributed by atoms with Crippen molar-refractivity contribution in [1.82, 2.24) is 10.3 Å². The van der Waals surface area contributed by atoms with E-state index < -0.39 is 0 Å². The number of allylic oxidation sites excluding steroid dienone is 3. The Labute approximate surface area is 197 Å². The number of dihydropyridines is 1. The zero-order chi connectivity index (χ0) is 23.2. The number of hydrogen-bond acceptors (Lipinski definition) is 6. The Balaban J connectivity index is 1.84. The van der Waals surface area contributed by atoms with Gasteiger partial charge < -0.3 is 10.6 Å². The molecule has 3 heterocycles. The number of hydrogen-bond donors (Lipinski definition) is 2. The Morgan fingerprint density at radius 2 is 2.00 bits per heavy atom. The number of ketones is 1. The molecule has 2 aromatic heterocycles. The lowest BCUT2D eigenvalue weighted by Crippen LogP contribution is -2.39. The van der Waals surface area contributed by atoms with Gasteiger partial charge in [-0.1, -0.05) is 13.8 Å². The Hall–Kier alpha value is -2.38. The summed E-state index contributed by atoms with van der Waals surface area (Å²) in [6, 6.07) is 5.87. The van der Waals surface area contributed by atoms with Crippen LogP contribution in [0.25, 0.3) is 0 Å². The highest BCUT2D eigenvalue weighted by atomic mass is 32.2. The topological polar surface area (TPSA) is 71.1 Å².